The van der Waals surface area contributed by atoms with Crippen molar-refractivity contribution in [2.75, 3.05) is 0 Å². The van der Waals surface area contributed by atoms with E-state index in [4.69, 9.17) is 0 Å². The van der Waals surface area contributed by atoms with E-state index in [9.17, 15) is 4.79 Å². The van der Waals surface area contributed by atoms with Crippen LogP contribution in [0.1, 0.15) is 10.7 Å². The second-order valence-corrected chi connectivity index (χ2v) is 3.17. The van der Waals surface area contributed by atoms with Crippen LogP contribution in [-0.2, 0) is 11.2 Å². The first-order valence-electron chi connectivity index (χ1n) is 3.28. The summed E-state index contributed by atoms with van der Waals surface area (Å²) < 4.78 is 0. The van der Waals surface area contributed by atoms with Crippen molar-refractivity contribution in [3.8, 4) is 0 Å². The Hall–Kier alpha value is -0.960. The van der Waals surface area contributed by atoms with Gasteiger partial charge in [-0.15, -0.1) is 11.3 Å². The van der Waals surface area contributed by atoms with Crippen molar-refractivity contribution >= 4 is 17.1 Å². The molecule has 3 heteroatoms. The predicted molar refractivity (Wildman–Crippen MR) is 45.8 cm³/mol. The molecule has 0 atom stereocenters. The fraction of sp³-hybridized carbons (Fsp3) is 0.250. The summed E-state index contributed by atoms with van der Waals surface area (Å²) in [7, 11) is 0. The fourth-order valence-electron chi connectivity index (χ4n) is 0.705. The van der Waals surface area contributed by atoms with Gasteiger partial charge in [0.2, 0.25) is 0 Å². The lowest BCUT2D eigenvalue weighted by molar-refractivity contribution is -0.114. The molecule has 2 nitrogen and oxygen atoms in total. The molecule has 0 spiro atoms. The molecule has 0 bridgehead atoms. The minimum atomic E-state index is 0.0272. The molecule has 0 aliphatic carbocycles. The molecule has 1 rings (SSSR count). The van der Waals surface area contributed by atoms with E-state index < -0.39 is 0 Å². The average Bonchev–Trinajstić information content (AvgIpc) is 2.35. The molecule has 58 valence electrons. The summed E-state index contributed by atoms with van der Waals surface area (Å²) in [6, 6.07) is 0. The molecule has 0 saturated carbocycles. The van der Waals surface area contributed by atoms with Crippen LogP contribution in [0.2, 0.25) is 0 Å². The number of aromatic nitrogens is 1. The van der Waals surface area contributed by atoms with Crippen molar-refractivity contribution in [1.29, 1.82) is 0 Å². The van der Waals surface area contributed by atoms with E-state index in [1.807, 2.05) is 12.3 Å². The molecule has 11 heavy (non-hydrogen) atoms. The summed E-state index contributed by atoms with van der Waals surface area (Å²) in [5.74, 6) is 0.0272. The van der Waals surface area contributed by atoms with Crippen LogP contribution in [0, 0.1) is 6.92 Å². The van der Waals surface area contributed by atoms with Gasteiger partial charge in [0.15, 0.2) is 5.78 Å². The highest BCUT2D eigenvalue weighted by Crippen LogP contribution is 2.09. The van der Waals surface area contributed by atoms with Crippen molar-refractivity contribution in [3.63, 3.8) is 0 Å². The molecule has 0 N–H and O–H groups in total. The Bertz CT molecular complexity index is 277. The number of aryl methyl sites for hydroxylation is 1. The third kappa shape index (κ3) is 2.27. The zero-order valence-corrected chi connectivity index (χ0v) is 7.15. The van der Waals surface area contributed by atoms with Crippen molar-refractivity contribution in [3.05, 3.63) is 28.7 Å². The molecule has 0 aromatic carbocycles. The monoisotopic (exact) mass is 167 g/mol. The van der Waals surface area contributed by atoms with Crippen molar-refractivity contribution in [1.82, 2.24) is 4.98 Å². The number of carbonyl (C=O) groups is 1. The van der Waals surface area contributed by atoms with Gasteiger partial charge in [-0.25, -0.2) is 4.98 Å². The summed E-state index contributed by atoms with van der Waals surface area (Å²) >= 11 is 1.51. The van der Waals surface area contributed by atoms with Gasteiger partial charge in [0.05, 0.1) is 6.42 Å². The molecule has 1 aromatic rings. The fourth-order valence-corrected chi connectivity index (χ4v) is 1.49. The summed E-state index contributed by atoms with van der Waals surface area (Å²) in [6.45, 7) is 5.31. The topological polar surface area (TPSA) is 30.0 Å². The minimum absolute atomic E-state index is 0.0272. The molecule has 0 unspecified atom stereocenters. The lowest BCUT2D eigenvalue weighted by Crippen LogP contribution is -1.96. The van der Waals surface area contributed by atoms with Gasteiger partial charge in [0.25, 0.3) is 0 Å². The Labute approximate surface area is 69.6 Å². The Morgan fingerprint density at radius 3 is 3.09 bits per heavy atom. The van der Waals surface area contributed by atoms with E-state index in [-0.39, 0.29) is 5.78 Å². The number of nitrogens with zero attached hydrogens (tertiary/aromatic N) is 1. The Balaban J connectivity index is 2.64. The SMILES string of the molecule is C=CC(=O)Cc1nc(C)cs1. The first kappa shape index (κ1) is 8.14. The highest BCUT2D eigenvalue weighted by molar-refractivity contribution is 7.09. The molecule has 0 fully saturated rings. The zero-order chi connectivity index (χ0) is 8.27. The average molecular weight is 167 g/mol. The molecular formula is C8H9NOS. The number of hydrogen-bond donors (Lipinski definition) is 0. The van der Waals surface area contributed by atoms with Crippen molar-refractivity contribution in [2.45, 2.75) is 13.3 Å². The molecule has 0 amide bonds. The van der Waals surface area contributed by atoms with Crippen LogP contribution < -0.4 is 0 Å². The quantitative estimate of drug-likeness (QED) is 0.642. The standard InChI is InChI=1S/C8H9NOS/c1-3-7(10)4-8-9-6(2)5-11-8/h3,5H,1,4H2,2H3. The van der Waals surface area contributed by atoms with E-state index in [1.54, 1.807) is 0 Å². The Morgan fingerprint density at radius 2 is 2.64 bits per heavy atom. The van der Waals surface area contributed by atoms with Crippen LogP contribution >= 0.6 is 11.3 Å². The van der Waals surface area contributed by atoms with Crippen LogP contribution in [0.4, 0.5) is 0 Å². The van der Waals surface area contributed by atoms with Gasteiger partial charge in [0.1, 0.15) is 5.01 Å². The summed E-state index contributed by atoms with van der Waals surface area (Å²) in [5, 5.41) is 2.80. The number of hydrogen-bond acceptors (Lipinski definition) is 3. The third-order valence-corrected chi connectivity index (χ3v) is 2.19. The minimum Gasteiger partial charge on any atom is -0.294 e. The lowest BCUT2D eigenvalue weighted by Gasteiger charge is -1.87. The van der Waals surface area contributed by atoms with E-state index in [2.05, 4.69) is 11.6 Å². The van der Waals surface area contributed by atoms with Gasteiger partial charge >= 0.3 is 0 Å². The molecule has 0 aliphatic rings. The van der Waals surface area contributed by atoms with Gasteiger partial charge in [-0.3, -0.25) is 4.79 Å². The zero-order valence-electron chi connectivity index (χ0n) is 6.33. The van der Waals surface area contributed by atoms with E-state index >= 15 is 0 Å². The molecule has 0 radical (unpaired) electrons. The normalized spacial score (nSPS) is 9.55. The first-order valence-corrected chi connectivity index (χ1v) is 4.16. The highest BCUT2D eigenvalue weighted by atomic mass is 32.1. The van der Waals surface area contributed by atoms with Crippen molar-refractivity contribution in [2.24, 2.45) is 0 Å². The Morgan fingerprint density at radius 1 is 1.91 bits per heavy atom. The van der Waals surface area contributed by atoms with E-state index in [0.29, 0.717) is 6.42 Å². The largest absolute Gasteiger partial charge is 0.294 e. The maximum absolute atomic E-state index is 10.8. The summed E-state index contributed by atoms with van der Waals surface area (Å²) in [6.07, 6.45) is 1.72. The van der Waals surface area contributed by atoms with Crippen LogP contribution in [-0.4, -0.2) is 10.8 Å². The van der Waals surface area contributed by atoms with Gasteiger partial charge in [0, 0.05) is 11.1 Å². The van der Waals surface area contributed by atoms with Crippen LogP contribution in [0.15, 0.2) is 18.0 Å². The molecule has 0 saturated heterocycles. The van der Waals surface area contributed by atoms with Crippen LogP contribution in [0.5, 0.6) is 0 Å². The molecule has 1 heterocycles. The third-order valence-electron chi connectivity index (χ3n) is 1.22. The second-order valence-electron chi connectivity index (χ2n) is 2.23. The van der Waals surface area contributed by atoms with E-state index in [0.717, 1.165) is 10.7 Å². The Kier molecular flexibility index (Phi) is 2.54. The maximum atomic E-state index is 10.8. The number of ketones is 1. The summed E-state index contributed by atoms with van der Waals surface area (Å²) in [4.78, 5) is 15.0. The highest BCUT2D eigenvalue weighted by Gasteiger charge is 2.01. The maximum Gasteiger partial charge on any atom is 0.161 e. The number of carbonyl (C=O) groups excluding carboxylic acids is 1. The summed E-state index contributed by atoms with van der Waals surface area (Å²) in [5.41, 5.74) is 0.974. The predicted octanol–water partition coefficient (Wildman–Crippen LogP) is 1.75. The van der Waals surface area contributed by atoms with E-state index in [1.165, 1.54) is 17.4 Å². The van der Waals surface area contributed by atoms with Gasteiger partial charge in [-0.1, -0.05) is 6.58 Å². The first-order chi connectivity index (χ1) is 5.22. The van der Waals surface area contributed by atoms with Crippen LogP contribution in [0.3, 0.4) is 0 Å². The van der Waals surface area contributed by atoms with Crippen LogP contribution in [0.25, 0.3) is 0 Å². The molecule has 1 aromatic heterocycles. The lowest BCUT2D eigenvalue weighted by atomic mass is 10.3. The van der Waals surface area contributed by atoms with Crippen molar-refractivity contribution < 1.29 is 4.79 Å². The number of rotatable bonds is 3. The van der Waals surface area contributed by atoms with Gasteiger partial charge < -0.3 is 0 Å². The number of allylic oxidation sites excluding steroid dienone is 1. The molecular weight excluding hydrogens is 158 g/mol. The van der Waals surface area contributed by atoms with Gasteiger partial charge in [-0.05, 0) is 13.0 Å². The smallest absolute Gasteiger partial charge is 0.161 e. The number of thiazole rings is 1. The van der Waals surface area contributed by atoms with Gasteiger partial charge in [-0.2, -0.15) is 0 Å². The second kappa shape index (κ2) is 3.44. The molecule has 0 aliphatic heterocycles.